The summed E-state index contributed by atoms with van der Waals surface area (Å²) in [6.07, 6.45) is 6.86. The van der Waals surface area contributed by atoms with Gasteiger partial charge in [0.1, 0.15) is 5.82 Å². The number of aromatic nitrogens is 2. The van der Waals surface area contributed by atoms with Crippen molar-refractivity contribution in [3.05, 3.63) is 47.5 Å². The van der Waals surface area contributed by atoms with Crippen LogP contribution in [0.2, 0.25) is 0 Å². The van der Waals surface area contributed by atoms with Crippen LogP contribution >= 0.6 is 0 Å². The first-order valence-corrected chi connectivity index (χ1v) is 8.98. The molecule has 0 bridgehead atoms. The summed E-state index contributed by atoms with van der Waals surface area (Å²) in [5, 5.41) is 7.20. The van der Waals surface area contributed by atoms with Gasteiger partial charge < -0.3 is 10.2 Å². The number of halogens is 1. The van der Waals surface area contributed by atoms with Gasteiger partial charge in [0.15, 0.2) is 0 Å². The smallest absolute Gasteiger partial charge is 0.316 e. The molecule has 132 valence electrons. The van der Waals surface area contributed by atoms with E-state index in [0.29, 0.717) is 11.6 Å². The average Bonchev–Trinajstić information content (AvgIpc) is 3.37. The molecule has 0 radical (unpaired) electrons. The molecule has 1 atom stereocenters. The number of rotatable bonds is 3. The number of carbonyl (C=O) groups is 1. The maximum Gasteiger partial charge on any atom is 0.322 e. The number of amides is 2. The molecule has 5 nitrogen and oxygen atoms in total. The Morgan fingerprint density at radius 1 is 1.24 bits per heavy atom. The van der Waals surface area contributed by atoms with Crippen LogP contribution in [0.25, 0.3) is 0 Å². The Hall–Kier alpha value is -2.37. The molecule has 1 saturated heterocycles. The summed E-state index contributed by atoms with van der Waals surface area (Å²) in [6, 6.07) is 6.76. The van der Waals surface area contributed by atoms with Crippen molar-refractivity contribution in [2.45, 2.75) is 44.1 Å². The molecule has 2 aliphatic rings. The second kappa shape index (κ2) is 6.50. The zero-order valence-corrected chi connectivity index (χ0v) is 14.4. The number of carbonyl (C=O) groups excluding carboxylic acids is 1. The highest BCUT2D eigenvalue weighted by Gasteiger charge is 2.30. The minimum atomic E-state index is -0.175. The highest BCUT2D eigenvalue weighted by atomic mass is 19.1. The van der Waals surface area contributed by atoms with Crippen LogP contribution in [-0.4, -0.2) is 27.3 Å². The molecule has 4 rings (SSSR count). The lowest BCUT2D eigenvalue weighted by molar-refractivity contribution is 0.159. The van der Waals surface area contributed by atoms with Gasteiger partial charge in [0.05, 0.1) is 11.7 Å². The largest absolute Gasteiger partial charge is 0.322 e. The van der Waals surface area contributed by atoms with E-state index in [1.165, 1.54) is 6.07 Å². The fourth-order valence-electron chi connectivity index (χ4n) is 3.72. The Kier molecular flexibility index (Phi) is 4.19. The second-order valence-corrected chi connectivity index (χ2v) is 7.03. The monoisotopic (exact) mass is 342 g/mol. The first kappa shape index (κ1) is 16.1. The molecule has 2 heterocycles. The van der Waals surface area contributed by atoms with Crippen LogP contribution in [0.1, 0.15) is 55.3 Å². The highest BCUT2D eigenvalue weighted by molar-refractivity contribution is 5.89. The lowest BCUT2D eigenvalue weighted by Gasteiger charge is -2.35. The van der Waals surface area contributed by atoms with Crippen molar-refractivity contribution in [2.24, 2.45) is 7.05 Å². The van der Waals surface area contributed by atoms with Crippen molar-refractivity contribution in [3.63, 3.8) is 0 Å². The van der Waals surface area contributed by atoms with Gasteiger partial charge in [-0.3, -0.25) is 4.68 Å². The van der Waals surface area contributed by atoms with Crippen LogP contribution in [0.5, 0.6) is 0 Å². The minimum absolute atomic E-state index is 0.0320. The fraction of sp³-hybridized carbons (Fsp3) is 0.474. The molecule has 2 aromatic rings. The molecule has 1 aromatic heterocycles. The van der Waals surface area contributed by atoms with Crippen molar-refractivity contribution in [2.75, 3.05) is 11.9 Å². The van der Waals surface area contributed by atoms with E-state index in [9.17, 15) is 9.18 Å². The van der Waals surface area contributed by atoms with E-state index in [-0.39, 0.29) is 17.9 Å². The number of hydrogen-bond donors (Lipinski definition) is 1. The maximum absolute atomic E-state index is 13.9. The molecular formula is C19H23FN4O. The van der Waals surface area contributed by atoms with Crippen molar-refractivity contribution in [1.82, 2.24) is 14.7 Å². The topological polar surface area (TPSA) is 50.2 Å². The SMILES string of the molecule is Cn1nccc1[C@H]1CCCCN1C(=O)Nc1ccc(F)c(C2CC2)c1. The van der Waals surface area contributed by atoms with Gasteiger partial charge in [0.25, 0.3) is 0 Å². The average molecular weight is 342 g/mol. The molecule has 1 aliphatic carbocycles. The lowest BCUT2D eigenvalue weighted by Crippen LogP contribution is -2.41. The first-order valence-electron chi connectivity index (χ1n) is 8.98. The van der Waals surface area contributed by atoms with Crippen LogP contribution in [0.4, 0.5) is 14.9 Å². The normalized spacial score (nSPS) is 20.6. The fourth-order valence-corrected chi connectivity index (χ4v) is 3.72. The van der Waals surface area contributed by atoms with Crippen LogP contribution in [0.3, 0.4) is 0 Å². The van der Waals surface area contributed by atoms with Crippen LogP contribution in [0.15, 0.2) is 30.5 Å². The number of aryl methyl sites for hydroxylation is 1. The van der Waals surface area contributed by atoms with E-state index in [2.05, 4.69) is 10.4 Å². The number of piperidine rings is 1. The van der Waals surface area contributed by atoms with Gasteiger partial charge in [-0.15, -0.1) is 0 Å². The molecular weight excluding hydrogens is 319 g/mol. The van der Waals surface area contributed by atoms with Crippen LogP contribution in [0, 0.1) is 5.82 Å². The van der Waals surface area contributed by atoms with Crippen LogP contribution in [-0.2, 0) is 7.05 Å². The van der Waals surface area contributed by atoms with E-state index in [1.807, 2.05) is 22.7 Å². The second-order valence-electron chi connectivity index (χ2n) is 7.03. The van der Waals surface area contributed by atoms with Gasteiger partial charge in [-0.25, -0.2) is 9.18 Å². The van der Waals surface area contributed by atoms with Crippen molar-refractivity contribution in [1.29, 1.82) is 0 Å². The van der Waals surface area contributed by atoms with E-state index >= 15 is 0 Å². The summed E-state index contributed by atoms with van der Waals surface area (Å²) in [4.78, 5) is 14.7. The van der Waals surface area contributed by atoms with Crippen molar-refractivity contribution >= 4 is 11.7 Å². The van der Waals surface area contributed by atoms with Crippen molar-refractivity contribution in [3.8, 4) is 0 Å². The number of benzene rings is 1. The van der Waals surface area contributed by atoms with E-state index in [4.69, 9.17) is 0 Å². The first-order chi connectivity index (χ1) is 12.1. The third-order valence-corrected chi connectivity index (χ3v) is 5.23. The van der Waals surface area contributed by atoms with Gasteiger partial charge in [-0.05, 0) is 67.9 Å². The molecule has 1 saturated carbocycles. The zero-order chi connectivity index (χ0) is 17.4. The molecule has 2 amide bonds. The van der Waals surface area contributed by atoms with Gasteiger partial charge in [-0.2, -0.15) is 5.10 Å². The zero-order valence-electron chi connectivity index (χ0n) is 14.4. The molecule has 0 spiro atoms. The molecule has 6 heteroatoms. The summed E-state index contributed by atoms with van der Waals surface area (Å²) in [7, 11) is 1.90. The standard InChI is InChI=1S/C19H23FN4O/c1-23-17(9-10-21-23)18-4-2-3-11-24(18)19(25)22-14-7-8-16(20)15(12-14)13-5-6-13/h7-10,12-13,18H,2-6,11H2,1H3,(H,22,25)/t18-/m1/s1. The highest BCUT2D eigenvalue weighted by Crippen LogP contribution is 2.42. The van der Waals surface area contributed by atoms with Gasteiger partial charge in [0, 0.05) is 25.5 Å². The molecule has 1 N–H and O–H groups in total. The summed E-state index contributed by atoms with van der Waals surface area (Å²) in [5.74, 6) is 0.139. The number of anilines is 1. The van der Waals surface area contributed by atoms with E-state index < -0.39 is 0 Å². The van der Waals surface area contributed by atoms with Gasteiger partial charge in [0.2, 0.25) is 0 Å². The number of hydrogen-bond acceptors (Lipinski definition) is 2. The molecule has 0 unspecified atom stereocenters. The number of likely N-dealkylation sites (tertiary alicyclic amines) is 1. The predicted molar refractivity (Wildman–Crippen MR) is 93.9 cm³/mol. The molecule has 1 aromatic carbocycles. The quantitative estimate of drug-likeness (QED) is 0.909. The summed E-state index contributed by atoms with van der Waals surface area (Å²) in [5.41, 5.74) is 2.44. The van der Waals surface area contributed by atoms with Gasteiger partial charge >= 0.3 is 6.03 Å². The Morgan fingerprint density at radius 3 is 2.80 bits per heavy atom. The lowest BCUT2D eigenvalue weighted by atomic mass is 9.99. The Labute approximate surface area is 146 Å². The molecule has 2 fully saturated rings. The Morgan fingerprint density at radius 2 is 2.08 bits per heavy atom. The number of nitrogens with one attached hydrogen (secondary N) is 1. The maximum atomic E-state index is 13.9. The number of nitrogens with zero attached hydrogens (tertiary/aromatic N) is 3. The van der Waals surface area contributed by atoms with Gasteiger partial charge in [-0.1, -0.05) is 0 Å². The Bertz CT molecular complexity index is 783. The summed E-state index contributed by atoms with van der Waals surface area (Å²) < 4.78 is 15.7. The summed E-state index contributed by atoms with van der Waals surface area (Å²) >= 11 is 0. The van der Waals surface area contributed by atoms with Crippen molar-refractivity contribution < 1.29 is 9.18 Å². The minimum Gasteiger partial charge on any atom is -0.316 e. The Balaban J connectivity index is 1.53. The third-order valence-electron chi connectivity index (χ3n) is 5.23. The third kappa shape index (κ3) is 3.25. The predicted octanol–water partition coefficient (Wildman–Crippen LogP) is 4.20. The van der Waals surface area contributed by atoms with Crippen LogP contribution < -0.4 is 5.32 Å². The number of urea groups is 1. The van der Waals surface area contributed by atoms with E-state index in [0.717, 1.165) is 49.9 Å². The molecule has 25 heavy (non-hydrogen) atoms. The summed E-state index contributed by atoms with van der Waals surface area (Å²) in [6.45, 7) is 0.721. The van der Waals surface area contributed by atoms with E-state index in [1.54, 1.807) is 18.3 Å². The molecule has 1 aliphatic heterocycles.